The number of aromatic nitrogens is 12. The molecule has 0 bridgehead atoms. The molecule has 0 aliphatic carbocycles. The van der Waals surface area contributed by atoms with Gasteiger partial charge in [-0.15, -0.1) is 0 Å². The van der Waals surface area contributed by atoms with Crippen LogP contribution in [0.2, 0.25) is 0 Å². The summed E-state index contributed by atoms with van der Waals surface area (Å²) in [5.41, 5.74) is 1.05. The molecule has 50 heavy (non-hydrogen) atoms. The van der Waals surface area contributed by atoms with Crippen LogP contribution < -0.4 is 5.11 Å². The van der Waals surface area contributed by atoms with E-state index in [1.54, 1.807) is 85.7 Å². The molecule has 0 unspecified atom stereocenters. The van der Waals surface area contributed by atoms with E-state index < -0.39 is 14.2 Å². The van der Waals surface area contributed by atoms with E-state index in [4.69, 9.17) is 0 Å². The average Bonchev–Trinajstić information content (AvgIpc) is 3.98. The van der Waals surface area contributed by atoms with Crippen LogP contribution in [0.1, 0.15) is 15.9 Å². The molecular weight excluding hydrogens is 770 g/mol. The molecule has 8 aromatic rings. The Hall–Kier alpha value is -5.38. The fourth-order valence-corrected chi connectivity index (χ4v) is 5.19. The van der Waals surface area contributed by atoms with Gasteiger partial charge < -0.3 is 32.7 Å². The zero-order valence-corrected chi connectivity index (χ0v) is 29.1. The van der Waals surface area contributed by atoms with E-state index >= 15 is 0 Å². The van der Waals surface area contributed by atoms with Gasteiger partial charge in [0, 0.05) is 42.7 Å². The molecule has 2 aromatic carbocycles. The van der Waals surface area contributed by atoms with E-state index in [2.05, 4.69) is 30.6 Å². The summed E-state index contributed by atoms with van der Waals surface area (Å²) in [6.07, 6.45) is 23.2. The van der Waals surface area contributed by atoms with Crippen molar-refractivity contribution in [2.45, 2.75) is 0 Å². The predicted molar refractivity (Wildman–Crippen MR) is 185 cm³/mol. The van der Waals surface area contributed by atoms with Crippen molar-refractivity contribution in [3.05, 3.63) is 189 Å². The van der Waals surface area contributed by atoms with Gasteiger partial charge in [0.25, 0.3) is 0 Å². The number of rotatable bonds is 9. The zero-order chi connectivity index (χ0) is 33.7. The van der Waals surface area contributed by atoms with Crippen molar-refractivity contribution in [2.75, 3.05) is 0 Å². The molecule has 0 aliphatic rings. The van der Waals surface area contributed by atoms with E-state index in [1.165, 1.54) is 0 Å². The monoisotopic (exact) mass is 802 g/mol. The molecule has 6 aromatic heterocycles. The largest absolute Gasteiger partial charge is 3.00 e. The second kappa shape index (κ2) is 18.4. The third kappa shape index (κ3) is 9.40. The van der Waals surface area contributed by atoms with Gasteiger partial charge in [0.15, 0.2) is 5.78 Å². The van der Waals surface area contributed by atoms with Crippen LogP contribution in [0.3, 0.4) is 0 Å². The van der Waals surface area contributed by atoms with Crippen LogP contribution in [0.4, 0.5) is 0 Å². The van der Waals surface area contributed by atoms with Crippen LogP contribution in [0.5, 0.6) is 0 Å². The van der Waals surface area contributed by atoms with Crippen LogP contribution in [0.15, 0.2) is 178 Å². The van der Waals surface area contributed by atoms with Gasteiger partial charge in [-0.3, -0.25) is 4.79 Å². The number of ketones is 1. The van der Waals surface area contributed by atoms with Crippen molar-refractivity contribution >= 4 is 25.8 Å². The van der Waals surface area contributed by atoms with Crippen molar-refractivity contribution in [1.82, 2.24) is 58.1 Å². The Morgan fingerprint density at radius 1 is 0.460 bits per heavy atom. The van der Waals surface area contributed by atoms with Crippen molar-refractivity contribution in [1.29, 1.82) is 0 Å². The minimum Gasteiger partial charge on any atom is -0.872 e. The summed E-state index contributed by atoms with van der Waals surface area (Å²) in [4.78, 5) is 11.8. The molecule has 6 heterocycles. The minimum absolute atomic E-state index is 0. The first-order valence-electron chi connectivity index (χ1n) is 15.5. The maximum Gasteiger partial charge on any atom is 3.00 e. The Bertz CT molecular complexity index is 1820. The molecule has 14 nitrogen and oxygen atoms in total. The molecule has 17 heteroatoms. The number of carbonyl (C=O) groups is 1. The first-order chi connectivity index (χ1) is 24.2. The van der Waals surface area contributed by atoms with Gasteiger partial charge in [-0.25, -0.2) is 30.6 Å². The van der Waals surface area contributed by atoms with Crippen molar-refractivity contribution in [2.24, 2.45) is 0 Å². The summed E-state index contributed by atoms with van der Waals surface area (Å²) in [6.45, 7) is 0. The average molecular weight is 801 g/mol. The molecular formula is C33H31B2EuN12O2. The minimum atomic E-state index is -1.12. The quantitative estimate of drug-likeness (QED) is 0.0935. The van der Waals surface area contributed by atoms with E-state index in [9.17, 15) is 9.90 Å². The van der Waals surface area contributed by atoms with Crippen LogP contribution in [-0.2, 0) is 0 Å². The number of carbonyl (C=O) groups excluding carboxylic acids is 1. The zero-order valence-electron chi connectivity index (χ0n) is 26.7. The molecule has 248 valence electrons. The van der Waals surface area contributed by atoms with Gasteiger partial charge in [-0.1, -0.05) is 66.4 Å². The Morgan fingerprint density at radius 3 is 1.00 bits per heavy atom. The summed E-state index contributed by atoms with van der Waals surface area (Å²) in [5, 5.41) is 37.3. The number of benzene rings is 2. The van der Waals surface area contributed by atoms with Gasteiger partial charge in [-0.05, 0) is 85.2 Å². The molecule has 0 N–H and O–H groups in total. The van der Waals surface area contributed by atoms with E-state index in [-0.39, 0.29) is 60.9 Å². The molecule has 0 radical (unpaired) electrons. The third-order valence-electron chi connectivity index (χ3n) is 7.47. The molecule has 0 saturated carbocycles. The molecule has 0 spiro atoms. The molecule has 0 fully saturated rings. The van der Waals surface area contributed by atoms with Gasteiger partial charge in [0.1, 0.15) is 0 Å². The fraction of sp³-hybridized carbons (Fsp3) is 0. The first-order valence-corrected chi connectivity index (χ1v) is 15.5. The number of allylic oxidation sites excluding steroid dienone is 1. The van der Waals surface area contributed by atoms with Gasteiger partial charge in [-0.2, -0.15) is 0 Å². The summed E-state index contributed by atoms with van der Waals surface area (Å²) in [6, 6.07) is 28.9. The van der Waals surface area contributed by atoms with Crippen molar-refractivity contribution in [3.8, 4) is 0 Å². The summed E-state index contributed by atoms with van der Waals surface area (Å²) >= 11 is 0. The van der Waals surface area contributed by atoms with E-state index in [1.807, 2.05) is 113 Å². The molecule has 0 atom stereocenters. The smallest absolute Gasteiger partial charge is 0.872 e. The number of nitrogens with zero attached hydrogens (tertiary/aromatic N) is 12. The normalized spacial score (nSPS) is 10.9. The SMILES string of the molecule is O=C(/C=C(\[O-])c1ccccc1)c1ccccc1.[Eu+3].c1cnn([BH-](n2cccn2)n2cccn2)c1.c1cnn([BH-](n2cccn2)n2cccn2)c1. The second-order valence-electron chi connectivity index (χ2n) is 10.7. The van der Waals surface area contributed by atoms with Crippen molar-refractivity contribution in [3.63, 3.8) is 0 Å². The Kier molecular flexibility index (Phi) is 13.2. The van der Waals surface area contributed by atoms with Crippen LogP contribution in [0.25, 0.3) is 5.76 Å². The van der Waals surface area contributed by atoms with Gasteiger partial charge in [0.05, 0.1) is 0 Å². The number of hydrogen-bond donors (Lipinski definition) is 0. The maximum atomic E-state index is 11.8. The third-order valence-corrected chi connectivity index (χ3v) is 7.47. The number of hydrogen-bond acceptors (Lipinski definition) is 8. The molecule has 0 saturated heterocycles. The van der Waals surface area contributed by atoms with E-state index in [0.717, 1.165) is 6.08 Å². The standard InChI is InChI=1S/C15H12O2.2C9H10BN6.Eu/c16-14(12-7-3-1-4-8-12)11-15(17)13-9-5-2-6-10-13;2*1-4-11-14(7-1)10(15-8-2-5-12-15)16-9-3-6-13-16;/h1-11,16H;2*1-10H;/q;2*-1;+3/p-1/b14-11-;;;. The van der Waals surface area contributed by atoms with Gasteiger partial charge in [0.2, 0.25) is 0 Å². The molecule has 0 aliphatic heterocycles. The Labute approximate surface area is 329 Å². The van der Waals surface area contributed by atoms with Crippen LogP contribution >= 0.6 is 0 Å². The van der Waals surface area contributed by atoms with E-state index in [0.29, 0.717) is 11.1 Å². The van der Waals surface area contributed by atoms with Crippen LogP contribution in [0, 0.1) is 49.4 Å². The van der Waals surface area contributed by atoms with Gasteiger partial charge >= 0.3 is 63.6 Å². The maximum absolute atomic E-state index is 11.8. The molecule has 0 amide bonds. The first kappa shape index (κ1) is 35.9. The van der Waals surface area contributed by atoms with Crippen molar-refractivity contribution < 1.29 is 59.3 Å². The second-order valence-corrected chi connectivity index (χ2v) is 10.7. The van der Waals surface area contributed by atoms with Crippen LogP contribution in [-0.4, -0.2) is 78.2 Å². The molecule has 8 rings (SSSR count). The summed E-state index contributed by atoms with van der Waals surface area (Å²) in [5.74, 6) is -0.529. The Balaban J connectivity index is 0.000000144. The predicted octanol–water partition coefficient (Wildman–Crippen LogP) is 2.15. The summed E-state index contributed by atoms with van der Waals surface area (Å²) < 4.78 is 11.2. The topological polar surface area (TPSA) is 147 Å². The fourth-order valence-electron chi connectivity index (χ4n) is 5.19. The summed E-state index contributed by atoms with van der Waals surface area (Å²) in [7, 11) is -2.25. The Morgan fingerprint density at radius 2 is 0.740 bits per heavy atom.